The molecular weight excluding hydrogens is 260 g/mol. The third kappa shape index (κ3) is 2.81. The highest BCUT2D eigenvalue weighted by molar-refractivity contribution is 5.80. The van der Waals surface area contributed by atoms with E-state index in [-0.39, 0.29) is 6.04 Å². The molecule has 0 unspecified atom stereocenters. The van der Waals surface area contributed by atoms with E-state index in [4.69, 9.17) is 0 Å². The molecule has 0 aliphatic heterocycles. The predicted molar refractivity (Wildman–Crippen MR) is 84.8 cm³/mol. The van der Waals surface area contributed by atoms with E-state index in [1.165, 1.54) is 16.5 Å². The Morgan fingerprint density at radius 2 is 2.10 bits per heavy atom. The van der Waals surface area contributed by atoms with E-state index in [1.54, 1.807) is 12.5 Å². The Labute approximate surface area is 125 Å². The van der Waals surface area contributed by atoms with Gasteiger partial charge in [-0.15, -0.1) is 0 Å². The van der Waals surface area contributed by atoms with Crippen molar-refractivity contribution in [2.45, 2.75) is 19.5 Å². The van der Waals surface area contributed by atoms with Crippen LogP contribution in [-0.2, 0) is 13.6 Å². The summed E-state index contributed by atoms with van der Waals surface area (Å²) in [6, 6.07) is 11.0. The standard InChI is InChI=1S/C17H20N4/c1-13(16-6-8-18-12-19-16)21(3)11-14-4-5-17-15(10-14)7-9-20(17)2/h4-10,12-13H,11H2,1-3H3/t13-/m0/s1. The van der Waals surface area contributed by atoms with Gasteiger partial charge in [-0.25, -0.2) is 9.97 Å². The van der Waals surface area contributed by atoms with Crippen LogP contribution < -0.4 is 0 Å². The Bertz CT molecular complexity index is 733. The normalized spacial score (nSPS) is 13.0. The topological polar surface area (TPSA) is 34.0 Å². The molecule has 0 bridgehead atoms. The van der Waals surface area contributed by atoms with Gasteiger partial charge in [0.05, 0.1) is 5.69 Å². The second kappa shape index (κ2) is 5.66. The highest BCUT2D eigenvalue weighted by Gasteiger charge is 2.13. The lowest BCUT2D eigenvalue weighted by Gasteiger charge is -2.24. The van der Waals surface area contributed by atoms with Crippen molar-refractivity contribution >= 4 is 10.9 Å². The SMILES string of the molecule is C[C@@H](c1ccncn1)N(C)Cc1ccc2c(ccn2C)c1. The molecule has 1 atom stereocenters. The first-order valence-corrected chi connectivity index (χ1v) is 7.15. The molecule has 4 nitrogen and oxygen atoms in total. The van der Waals surface area contributed by atoms with E-state index in [1.807, 2.05) is 6.07 Å². The molecule has 0 spiro atoms. The van der Waals surface area contributed by atoms with Crippen LogP contribution in [0.5, 0.6) is 0 Å². The maximum absolute atomic E-state index is 4.34. The number of fused-ring (bicyclic) bond motifs is 1. The number of benzene rings is 1. The number of hydrogen-bond donors (Lipinski definition) is 0. The van der Waals surface area contributed by atoms with Gasteiger partial charge >= 0.3 is 0 Å². The van der Waals surface area contributed by atoms with Crippen molar-refractivity contribution in [3.63, 3.8) is 0 Å². The Hall–Kier alpha value is -2.20. The van der Waals surface area contributed by atoms with Crippen LogP contribution in [0, 0.1) is 0 Å². The van der Waals surface area contributed by atoms with Crippen molar-refractivity contribution in [2.75, 3.05) is 7.05 Å². The highest BCUT2D eigenvalue weighted by Crippen LogP contribution is 2.21. The van der Waals surface area contributed by atoms with Gasteiger partial charge in [0.2, 0.25) is 0 Å². The number of aromatic nitrogens is 3. The molecule has 21 heavy (non-hydrogen) atoms. The van der Waals surface area contributed by atoms with Crippen molar-refractivity contribution in [1.82, 2.24) is 19.4 Å². The summed E-state index contributed by atoms with van der Waals surface area (Å²) < 4.78 is 2.15. The van der Waals surface area contributed by atoms with Gasteiger partial charge < -0.3 is 4.57 Å². The first-order chi connectivity index (χ1) is 10.1. The molecule has 3 aromatic rings. The molecular formula is C17H20N4. The fourth-order valence-electron chi connectivity index (χ4n) is 2.63. The smallest absolute Gasteiger partial charge is 0.115 e. The molecule has 0 fully saturated rings. The summed E-state index contributed by atoms with van der Waals surface area (Å²) in [7, 11) is 4.20. The van der Waals surface area contributed by atoms with Gasteiger partial charge in [-0.2, -0.15) is 0 Å². The predicted octanol–water partition coefficient (Wildman–Crippen LogP) is 3.16. The molecule has 0 amide bonds. The molecule has 0 aliphatic rings. The molecule has 0 aliphatic carbocycles. The van der Waals surface area contributed by atoms with Gasteiger partial charge in [0.25, 0.3) is 0 Å². The molecule has 0 N–H and O–H groups in total. The van der Waals surface area contributed by atoms with Crippen molar-refractivity contribution in [3.8, 4) is 0 Å². The lowest BCUT2D eigenvalue weighted by Crippen LogP contribution is -2.22. The van der Waals surface area contributed by atoms with Gasteiger partial charge in [0.1, 0.15) is 6.33 Å². The third-order valence-corrected chi connectivity index (χ3v) is 4.08. The first kappa shape index (κ1) is 13.8. The molecule has 2 aromatic heterocycles. The van der Waals surface area contributed by atoms with Crippen molar-refractivity contribution in [2.24, 2.45) is 7.05 Å². The minimum Gasteiger partial charge on any atom is -0.351 e. The van der Waals surface area contributed by atoms with E-state index >= 15 is 0 Å². The van der Waals surface area contributed by atoms with Gasteiger partial charge in [-0.1, -0.05) is 6.07 Å². The Balaban J connectivity index is 1.78. The quantitative estimate of drug-likeness (QED) is 0.736. The molecule has 0 saturated carbocycles. The largest absolute Gasteiger partial charge is 0.351 e. The van der Waals surface area contributed by atoms with E-state index in [2.05, 4.69) is 70.9 Å². The zero-order valence-electron chi connectivity index (χ0n) is 12.7. The minimum absolute atomic E-state index is 0.263. The lowest BCUT2D eigenvalue weighted by molar-refractivity contribution is 0.248. The number of aryl methyl sites for hydroxylation is 1. The van der Waals surface area contributed by atoms with E-state index in [9.17, 15) is 0 Å². The van der Waals surface area contributed by atoms with E-state index < -0.39 is 0 Å². The fourth-order valence-corrected chi connectivity index (χ4v) is 2.63. The minimum atomic E-state index is 0.263. The van der Waals surface area contributed by atoms with Crippen LogP contribution in [0.1, 0.15) is 24.2 Å². The van der Waals surface area contributed by atoms with E-state index in [0.717, 1.165) is 12.2 Å². The summed E-state index contributed by atoms with van der Waals surface area (Å²) in [5.41, 5.74) is 3.63. The van der Waals surface area contributed by atoms with Gasteiger partial charge in [0, 0.05) is 37.5 Å². The summed E-state index contributed by atoms with van der Waals surface area (Å²) in [5, 5.41) is 1.29. The van der Waals surface area contributed by atoms with Crippen LogP contribution in [0.25, 0.3) is 10.9 Å². The molecule has 0 saturated heterocycles. The second-order valence-electron chi connectivity index (χ2n) is 5.55. The summed E-state index contributed by atoms with van der Waals surface area (Å²) >= 11 is 0. The Morgan fingerprint density at radius 1 is 1.24 bits per heavy atom. The summed E-state index contributed by atoms with van der Waals surface area (Å²) in [6.45, 7) is 3.07. The lowest BCUT2D eigenvalue weighted by atomic mass is 10.1. The van der Waals surface area contributed by atoms with Crippen LogP contribution in [0.4, 0.5) is 0 Å². The average Bonchev–Trinajstić information content (AvgIpc) is 2.88. The van der Waals surface area contributed by atoms with Crippen LogP contribution in [0.3, 0.4) is 0 Å². The highest BCUT2D eigenvalue weighted by atomic mass is 15.1. The third-order valence-electron chi connectivity index (χ3n) is 4.08. The van der Waals surface area contributed by atoms with Crippen molar-refractivity contribution in [3.05, 3.63) is 60.3 Å². The van der Waals surface area contributed by atoms with Crippen molar-refractivity contribution in [1.29, 1.82) is 0 Å². The molecule has 3 rings (SSSR count). The van der Waals surface area contributed by atoms with Crippen LogP contribution in [0.15, 0.2) is 49.1 Å². The molecule has 4 heteroatoms. The van der Waals surface area contributed by atoms with Crippen LogP contribution >= 0.6 is 0 Å². The molecule has 1 aromatic carbocycles. The van der Waals surface area contributed by atoms with Gasteiger partial charge in [0.15, 0.2) is 0 Å². The summed E-state index contributed by atoms with van der Waals surface area (Å²) in [5.74, 6) is 0. The maximum atomic E-state index is 4.34. The molecule has 0 radical (unpaired) electrons. The van der Waals surface area contributed by atoms with Crippen LogP contribution in [0.2, 0.25) is 0 Å². The number of hydrogen-bond acceptors (Lipinski definition) is 3. The van der Waals surface area contributed by atoms with Gasteiger partial charge in [-0.05, 0) is 49.2 Å². The Morgan fingerprint density at radius 3 is 2.86 bits per heavy atom. The summed E-state index contributed by atoms with van der Waals surface area (Å²) in [6.07, 6.45) is 5.50. The van der Waals surface area contributed by atoms with Crippen molar-refractivity contribution < 1.29 is 0 Å². The zero-order valence-corrected chi connectivity index (χ0v) is 12.7. The average molecular weight is 280 g/mol. The van der Waals surface area contributed by atoms with E-state index in [0.29, 0.717) is 0 Å². The zero-order chi connectivity index (χ0) is 14.8. The monoisotopic (exact) mass is 280 g/mol. The molecule has 2 heterocycles. The first-order valence-electron chi connectivity index (χ1n) is 7.15. The molecule has 108 valence electrons. The number of nitrogens with zero attached hydrogens (tertiary/aromatic N) is 4. The maximum Gasteiger partial charge on any atom is 0.115 e. The second-order valence-corrected chi connectivity index (χ2v) is 5.55. The summed E-state index contributed by atoms with van der Waals surface area (Å²) in [4.78, 5) is 10.6. The Kier molecular flexibility index (Phi) is 3.71. The number of rotatable bonds is 4. The van der Waals surface area contributed by atoms with Crippen LogP contribution in [-0.4, -0.2) is 26.5 Å². The fraction of sp³-hybridized carbons (Fsp3) is 0.294. The van der Waals surface area contributed by atoms with Gasteiger partial charge in [-0.3, -0.25) is 4.90 Å².